The molecule has 0 radical (unpaired) electrons. The van der Waals surface area contributed by atoms with Gasteiger partial charge in [0, 0.05) is 12.2 Å². The molecular weight excluding hydrogens is 260 g/mol. The summed E-state index contributed by atoms with van der Waals surface area (Å²) in [4.78, 5) is 0. The molecule has 4 heteroatoms. The number of halogens is 2. The fraction of sp³-hybridized carbons (Fsp3) is 0.625. The van der Waals surface area contributed by atoms with Crippen LogP contribution < -0.4 is 5.73 Å². The van der Waals surface area contributed by atoms with Crippen LogP contribution in [-0.4, -0.2) is 12.7 Å². The van der Waals surface area contributed by atoms with Crippen LogP contribution in [0, 0.1) is 17.6 Å². The van der Waals surface area contributed by atoms with E-state index < -0.39 is 17.7 Å². The van der Waals surface area contributed by atoms with E-state index in [-0.39, 0.29) is 11.7 Å². The smallest absolute Gasteiger partial charge is 0.128 e. The summed E-state index contributed by atoms with van der Waals surface area (Å²) in [6, 6.07) is 2.82. The molecule has 1 fully saturated rings. The highest BCUT2D eigenvalue weighted by molar-refractivity contribution is 5.23. The van der Waals surface area contributed by atoms with Crippen molar-refractivity contribution >= 4 is 0 Å². The molecule has 0 aromatic heterocycles. The van der Waals surface area contributed by atoms with Gasteiger partial charge in [-0.25, -0.2) is 8.78 Å². The summed E-state index contributed by atoms with van der Waals surface area (Å²) >= 11 is 0. The maximum Gasteiger partial charge on any atom is 0.128 e. The van der Waals surface area contributed by atoms with Crippen molar-refractivity contribution in [2.24, 2.45) is 11.7 Å². The monoisotopic (exact) mass is 283 g/mol. The summed E-state index contributed by atoms with van der Waals surface area (Å²) in [6.07, 6.45) is 5.42. The Labute approximate surface area is 119 Å². The van der Waals surface area contributed by atoms with Crippen molar-refractivity contribution in [3.8, 4) is 0 Å². The molecule has 0 spiro atoms. The lowest BCUT2D eigenvalue weighted by molar-refractivity contribution is -0.0105. The fourth-order valence-corrected chi connectivity index (χ4v) is 3.14. The summed E-state index contributed by atoms with van der Waals surface area (Å²) < 4.78 is 33.0. The Hall–Kier alpha value is -1.00. The van der Waals surface area contributed by atoms with E-state index in [1.165, 1.54) is 12.5 Å². The van der Waals surface area contributed by atoms with Crippen molar-refractivity contribution in [1.82, 2.24) is 0 Å². The molecule has 2 atom stereocenters. The lowest BCUT2D eigenvalue weighted by Crippen LogP contribution is -2.37. The Balaban J connectivity index is 2.20. The molecule has 2 unspecified atom stereocenters. The van der Waals surface area contributed by atoms with Crippen molar-refractivity contribution < 1.29 is 13.5 Å². The Morgan fingerprint density at radius 2 is 1.95 bits per heavy atom. The van der Waals surface area contributed by atoms with Gasteiger partial charge in [-0.3, -0.25) is 0 Å². The van der Waals surface area contributed by atoms with E-state index in [2.05, 4.69) is 0 Å². The number of benzene rings is 1. The second-order valence-corrected chi connectivity index (χ2v) is 5.51. The van der Waals surface area contributed by atoms with Crippen LogP contribution in [0.15, 0.2) is 18.2 Å². The van der Waals surface area contributed by atoms with Gasteiger partial charge in [-0.1, -0.05) is 19.3 Å². The number of nitrogens with two attached hydrogens (primary N) is 1. The average Bonchev–Trinajstić information content (AvgIpc) is 2.47. The van der Waals surface area contributed by atoms with Gasteiger partial charge in [0.2, 0.25) is 0 Å². The predicted molar refractivity (Wildman–Crippen MR) is 75.3 cm³/mol. The lowest BCUT2D eigenvalue weighted by atomic mass is 9.81. The third kappa shape index (κ3) is 3.55. The summed E-state index contributed by atoms with van der Waals surface area (Å²) in [5.74, 6) is -0.587. The fourth-order valence-electron chi connectivity index (χ4n) is 3.14. The number of hydrogen-bond donors (Lipinski definition) is 1. The molecule has 2 nitrogen and oxygen atoms in total. The summed E-state index contributed by atoms with van der Waals surface area (Å²) in [5, 5.41) is 0. The summed E-state index contributed by atoms with van der Waals surface area (Å²) in [7, 11) is 0. The van der Waals surface area contributed by atoms with Crippen LogP contribution in [0.25, 0.3) is 0 Å². The van der Waals surface area contributed by atoms with Gasteiger partial charge in [0.25, 0.3) is 0 Å². The first-order valence-electron chi connectivity index (χ1n) is 7.45. The van der Waals surface area contributed by atoms with Crippen LogP contribution in [0.4, 0.5) is 8.78 Å². The minimum absolute atomic E-state index is 0.217. The van der Waals surface area contributed by atoms with Gasteiger partial charge in [0.15, 0.2) is 0 Å². The minimum Gasteiger partial charge on any atom is -0.376 e. The Bertz CT molecular complexity index is 432. The van der Waals surface area contributed by atoms with E-state index in [1.54, 1.807) is 0 Å². The highest BCUT2D eigenvalue weighted by Gasteiger charge is 2.31. The third-order valence-electron chi connectivity index (χ3n) is 4.14. The zero-order valence-corrected chi connectivity index (χ0v) is 11.9. The first-order chi connectivity index (χ1) is 9.63. The SMILES string of the molecule is CCOC(C1CCCCC1)C(N)c1cc(F)ccc1F. The topological polar surface area (TPSA) is 35.2 Å². The van der Waals surface area contributed by atoms with Crippen molar-refractivity contribution in [2.45, 2.75) is 51.2 Å². The lowest BCUT2D eigenvalue weighted by Gasteiger charge is -2.34. The Kier molecular flexibility index (Phi) is 5.49. The van der Waals surface area contributed by atoms with Gasteiger partial charge in [0.05, 0.1) is 12.1 Å². The Morgan fingerprint density at radius 1 is 1.25 bits per heavy atom. The van der Waals surface area contributed by atoms with Crippen LogP contribution in [0.5, 0.6) is 0 Å². The van der Waals surface area contributed by atoms with Crippen LogP contribution in [0.2, 0.25) is 0 Å². The molecular formula is C16H23F2NO. The highest BCUT2D eigenvalue weighted by Crippen LogP contribution is 2.34. The van der Waals surface area contributed by atoms with Crippen LogP contribution in [-0.2, 0) is 4.74 Å². The van der Waals surface area contributed by atoms with Crippen molar-refractivity contribution in [3.63, 3.8) is 0 Å². The van der Waals surface area contributed by atoms with Gasteiger partial charge in [-0.15, -0.1) is 0 Å². The molecule has 20 heavy (non-hydrogen) atoms. The zero-order chi connectivity index (χ0) is 14.5. The Morgan fingerprint density at radius 3 is 2.60 bits per heavy atom. The normalized spacial score (nSPS) is 19.8. The van der Waals surface area contributed by atoms with Gasteiger partial charge in [-0.2, -0.15) is 0 Å². The molecule has 1 aliphatic rings. The van der Waals surface area contributed by atoms with Gasteiger partial charge in [-0.05, 0) is 43.9 Å². The van der Waals surface area contributed by atoms with Gasteiger partial charge >= 0.3 is 0 Å². The summed E-state index contributed by atoms with van der Waals surface area (Å²) in [6.45, 7) is 2.44. The molecule has 1 aromatic rings. The van der Waals surface area contributed by atoms with E-state index in [9.17, 15) is 8.78 Å². The van der Waals surface area contributed by atoms with Crippen molar-refractivity contribution in [2.75, 3.05) is 6.61 Å². The van der Waals surface area contributed by atoms with E-state index in [1.807, 2.05) is 6.92 Å². The van der Waals surface area contributed by atoms with E-state index in [4.69, 9.17) is 10.5 Å². The molecule has 2 N–H and O–H groups in total. The maximum atomic E-state index is 13.9. The number of ether oxygens (including phenoxy) is 1. The second-order valence-electron chi connectivity index (χ2n) is 5.51. The number of rotatable bonds is 5. The molecule has 2 rings (SSSR count). The summed E-state index contributed by atoms with van der Waals surface area (Å²) in [5.41, 5.74) is 6.41. The zero-order valence-electron chi connectivity index (χ0n) is 11.9. The predicted octanol–water partition coefficient (Wildman–Crippen LogP) is 3.95. The van der Waals surface area contributed by atoms with Gasteiger partial charge < -0.3 is 10.5 Å². The van der Waals surface area contributed by atoms with E-state index in [0.29, 0.717) is 12.5 Å². The molecule has 0 aliphatic heterocycles. The first kappa shape index (κ1) is 15.4. The van der Waals surface area contributed by atoms with Gasteiger partial charge in [0.1, 0.15) is 11.6 Å². The highest BCUT2D eigenvalue weighted by atomic mass is 19.1. The van der Waals surface area contributed by atoms with Crippen molar-refractivity contribution in [1.29, 1.82) is 0 Å². The quantitative estimate of drug-likeness (QED) is 0.888. The average molecular weight is 283 g/mol. The van der Waals surface area contributed by atoms with Crippen LogP contribution in [0.1, 0.15) is 50.6 Å². The van der Waals surface area contributed by atoms with E-state index >= 15 is 0 Å². The van der Waals surface area contributed by atoms with Crippen LogP contribution in [0.3, 0.4) is 0 Å². The maximum absolute atomic E-state index is 13.9. The van der Waals surface area contributed by atoms with Crippen molar-refractivity contribution in [3.05, 3.63) is 35.4 Å². The molecule has 0 bridgehead atoms. The first-order valence-corrected chi connectivity index (χ1v) is 7.45. The second kappa shape index (κ2) is 7.14. The third-order valence-corrected chi connectivity index (χ3v) is 4.14. The number of hydrogen-bond acceptors (Lipinski definition) is 2. The molecule has 1 saturated carbocycles. The molecule has 0 amide bonds. The molecule has 0 saturated heterocycles. The molecule has 1 aromatic carbocycles. The largest absolute Gasteiger partial charge is 0.376 e. The van der Waals surface area contributed by atoms with Crippen LogP contribution >= 0.6 is 0 Å². The minimum atomic E-state index is -0.617. The van der Waals surface area contributed by atoms with E-state index in [0.717, 1.165) is 37.8 Å². The molecule has 112 valence electrons. The molecule has 1 aliphatic carbocycles. The standard InChI is InChI=1S/C16H23F2NO/c1-2-20-16(11-6-4-3-5-7-11)15(19)13-10-12(17)8-9-14(13)18/h8-11,15-16H,2-7,19H2,1H3. The molecule has 0 heterocycles.